The number of aromatic nitrogens is 1. The summed E-state index contributed by atoms with van der Waals surface area (Å²) in [5.41, 5.74) is 0.142. The van der Waals surface area contributed by atoms with Gasteiger partial charge in [-0.3, -0.25) is 0 Å². The average Bonchev–Trinajstić information content (AvgIpc) is 1.88. The van der Waals surface area contributed by atoms with Gasteiger partial charge in [0.1, 0.15) is 3.70 Å². The van der Waals surface area contributed by atoms with Crippen LogP contribution < -0.4 is 5.11 Å². The highest BCUT2D eigenvalue weighted by Crippen LogP contribution is 2.05. The van der Waals surface area contributed by atoms with Gasteiger partial charge in [0.2, 0.25) is 0 Å². The normalized spacial score (nSPS) is 9.30. The maximum absolute atomic E-state index is 10.3. The van der Waals surface area contributed by atoms with Crippen LogP contribution in [0.25, 0.3) is 0 Å². The minimum atomic E-state index is -1.18. The lowest BCUT2D eigenvalue weighted by Crippen LogP contribution is -2.23. The first kappa shape index (κ1) is 7.46. The summed E-state index contributed by atoms with van der Waals surface area (Å²) in [7, 11) is 0. The fourth-order valence-corrected chi connectivity index (χ4v) is 1.10. The second-order valence-corrected chi connectivity index (χ2v) is 2.65. The van der Waals surface area contributed by atoms with E-state index < -0.39 is 5.97 Å². The molecule has 0 saturated heterocycles. The van der Waals surface area contributed by atoms with Crippen molar-refractivity contribution < 1.29 is 9.90 Å². The average molecular weight is 248 g/mol. The van der Waals surface area contributed by atoms with Gasteiger partial charge in [0.15, 0.2) is 0 Å². The molecule has 0 radical (unpaired) electrons. The number of halogens is 1. The molecular weight excluding hydrogens is 245 g/mol. The Balaban J connectivity index is 3.15. The Morgan fingerprint density at radius 1 is 1.70 bits per heavy atom. The topological polar surface area (TPSA) is 53.0 Å². The molecule has 0 amide bonds. The Bertz CT molecular complexity index is 262. The van der Waals surface area contributed by atoms with Crippen molar-refractivity contribution in [1.82, 2.24) is 4.98 Å². The Morgan fingerprint density at radius 3 is 2.80 bits per heavy atom. The van der Waals surface area contributed by atoms with Gasteiger partial charge in [-0.05, 0) is 34.7 Å². The van der Waals surface area contributed by atoms with Gasteiger partial charge in [-0.1, -0.05) is 0 Å². The summed E-state index contributed by atoms with van der Waals surface area (Å²) in [5.74, 6) is -1.18. The van der Waals surface area contributed by atoms with Crippen LogP contribution in [0.1, 0.15) is 10.4 Å². The molecule has 1 aromatic rings. The van der Waals surface area contributed by atoms with Crippen molar-refractivity contribution in [3.05, 3.63) is 27.6 Å². The summed E-state index contributed by atoms with van der Waals surface area (Å²) in [6.07, 6.45) is 1.54. The SMILES string of the molecule is O=C([O-])c1cccnc1I. The van der Waals surface area contributed by atoms with Gasteiger partial charge in [-0.15, -0.1) is 0 Å². The number of rotatable bonds is 1. The Morgan fingerprint density at radius 2 is 2.40 bits per heavy atom. The smallest absolute Gasteiger partial charge is 0.110 e. The zero-order valence-electron chi connectivity index (χ0n) is 4.87. The third-order valence-corrected chi connectivity index (χ3v) is 1.84. The van der Waals surface area contributed by atoms with E-state index in [1.807, 2.05) is 22.6 Å². The highest BCUT2D eigenvalue weighted by molar-refractivity contribution is 14.1. The molecule has 0 unspecified atom stereocenters. The summed E-state index contributed by atoms with van der Waals surface area (Å²) in [5, 5.41) is 10.3. The minimum absolute atomic E-state index is 0.142. The molecule has 4 heteroatoms. The molecule has 52 valence electrons. The quantitative estimate of drug-likeness (QED) is 0.521. The van der Waals surface area contributed by atoms with Crippen LogP contribution in [-0.2, 0) is 0 Å². The highest BCUT2D eigenvalue weighted by atomic mass is 127. The molecule has 0 fully saturated rings. The van der Waals surface area contributed by atoms with E-state index in [-0.39, 0.29) is 5.56 Å². The van der Waals surface area contributed by atoms with Gasteiger partial charge >= 0.3 is 0 Å². The molecule has 0 bridgehead atoms. The number of carboxylic acids is 1. The number of aromatic carboxylic acids is 1. The molecule has 1 aromatic heterocycles. The van der Waals surface area contributed by atoms with Crippen LogP contribution in [0.4, 0.5) is 0 Å². The third kappa shape index (κ3) is 1.44. The van der Waals surface area contributed by atoms with Crippen molar-refractivity contribution >= 4 is 28.6 Å². The van der Waals surface area contributed by atoms with Gasteiger partial charge in [0.05, 0.1) is 5.97 Å². The third-order valence-electron chi connectivity index (χ3n) is 0.979. The zero-order chi connectivity index (χ0) is 7.56. The van der Waals surface area contributed by atoms with Gasteiger partial charge < -0.3 is 9.90 Å². The predicted molar refractivity (Wildman–Crippen MR) is 41.3 cm³/mol. The summed E-state index contributed by atoms with van der Waals surface area (Å²) < 4.78 is 0.458. The Labute approximate surface area is 71.2 Å². The van der Waals surface area contributed by atoms with Crippen molar-refractivity contribution in [3.63, 3.8) is 0 Å². The fourth-order valence-electron chi connectivity index (χ4n) is 0.538. The molecule has 0 aromatic carbocycles. The van der Waals surface area contributed by atoms with Gasteiger partial charge in [0, 0.05) is 11.8 Å². The number of pyridine rings is 1. The fraction of sp³-hybridized carbons (Fsp3) is 0. The standard InChI is InChI=1S/C6H4INO2/c7-5-4(6(9)10)2-1-3-8-5/h1-3H,(H,9,10)/p-1. The van der Waals surface area contributed by atoms with Gasteiger partial charge in [-0.25, -0.2) is 4.98 Å². The van der Waals surface area contributed by atoms with Crippen LogP contribution in [0, 0.1) is 3.70 Å². The van der Waals surface area contributed by atoms with Crippen molar-refractivity contribution in [2.24, 2.45) is 0 Å². The summed E-state index contributed by atoms with van der Waals surface area (Å²) in [6.45, 7) is 0. The lowest BCUT2D eigenvalue weighted by atomic mass is 10.3. The van der Waals surface area contributed by atoms with E-state index in [9.17, 15) is 9.90 Å². The van der Waals surface area contributed by atoms with E-state index >= 15 is 0 Å². The molecule has 1 rings (SSSR count). The summed E-state index contributed by atoms with van der Waals surface area (Å²) in [6, 6.07) is 3.03. The van der Waals surface area contributed by atoms with Crippen LogP contribution >= 0.6 is 22.6 Å². The van der Waals surface area contributed by atoms with E-state index in [0.717, 1.165) is 0 Å². The zero-order valence-corrected chi connectivity index (χ0v) is 7.03. The van der Waals surface area contributed by atoms with Crippen molar-refractivity contribution in [2.45, 2.75) is 0 Å². The first-order valence-electron chi connectivity index (χ1n) is 2.53. The second kappa shape index (κ2) is 2.96. The van der Waals surface area contributed by atoms with Crippen molar-refractivity contribution in [3.8, 4) is 0 Å². The highest BCUT2D eigenvalue weighted by Gasteiger charge is 1.97. The van der Waals surface area contributed by atoms with Crippen molar-refractivity contribution in [2.75, 3.05) is 0 Å². The number of carboxylic acid groups (broad SMARTS) is 1. The first-order chi connectivity index (χ1) is 4.72. The van der Waals surface area contributed by atoms with Crippen molar-refractivity contribution in [1.29, 1.82) is 0 Å². The Hall–Kier alpha value is -0.650. The van der Waals surface area contributed by atoms with Gasteiger partial charge in [0.25, 0.3) is 0 Å². The predicted octanol–water partition coefficient (Wildman–Crippen LogP) is 0.0497. The molecule has 0 aliphatic rings. The molecule has 0 atom stereocenters. The van der Waals surface area contributed by atoms with Crippen LogP contribution in [-0.4, -0.2) is 11.0 Å². The summed E-state index contributed by atoms with van der Waals surface area (Å²) in [4.78, 5) is 14.0. The second-order valence-electron chi connectivity index (χ2n) is 1.63. The lowest BCUT2D eigenvalue weighted by molar-refractivity contribution is -0.255. The number of hydrogen-bond donors (Lipinski definition) is 0. The maximum atomic E-state index is 10.3. The molecule has 0 aliphatic heterocycles. The molecule has 10 heavy (non-hydrogen) atoms. The van der Waals surface area contributed by atoms with E-state index in [4.69, 9.17) is 0 Å². The molecule has 0 N–H and O–H groups in total. The first-order valence-corrected chi connectivity index (χ1v) is 3.61. The largest absolute Gasteiger partial charge is 0.545 e. The van der Waals surface area contributed by atoms with E-state index in [2.05, 4.69) is 4.98 Å². The number of carbonyl (C=O) groups excluding carboxylic acids is 1. The molecule has 1 heterocycles. The number of carbonyl (C=O) groups is 1. The molecular formula is C6H3INO2-. The van der Waals surface area contributed by atoms with Gasteiger partial charge in [-0.2, -0.15) is 0 Å². The van der Waals surface area contributed by atoms with E-state index in [1.54, 1.807) is 6.07 Å². The van der Waals surface area contributed by atoms with E-state index in [0.29, 0.717) is 3.70 Å². The number of hydrogen-bond acceptors (Lipinski definition) is 3. The van der Waals surface area contributed by atoms with Crippen LogP contribution in [0.5, 0.6) is 0 Å². The van der Waals surface area contributed by atoms with E-state index in [1.165, 1.54) is 12.3 Å². The molecule has 3 nitrogen and oxygen atoms in total. The van der Waals surface area contributed by atoms with Crippen LogP contribution in [0.15, 0.2) is 18.3 Å². The molecule has 0 saturated carbocycles. The maximum Gasteiger partial charge on any atom is 0.110 e. The molecule has 0 spiro atoms. The summed E-state index contributed by atoms with van der Waals surface area (Å²) >= 11 is 1.84. The minimum Gasteiger partial charge on any atom is -0.545 e. The van der Waals surface area contributed by atoms with Crippen LogP contribution in [0.2, 0.25) is 0 Å². The number of nitrogens with zero attached hydrogens (tertiary/aromatic N) is 1. The Kier molecular flexibility index (Phi) is 2.21. The lowest BCUT2D eigenvalue weighted by Gasteiger charge is -2.01. The monoisotopic (exact) mass is 248 g/mol. The van der Waals surface area contributed by atoms with Crippen LogP contribution in [0.3, 0.4) is 0 Å². The molecule has 0 aliphatic carbocycles.